The van der Waals surface area contributed by atoms with Gasteiger partial charge in [0.2, 0.25) is 5.91 Å². The van der Waals surface area contributed by atoms with Crippen LogP contribution in [-0.2, 0) is 10.2 Å². The number of allylic oxidation sites excluding steroid dienone is 2. The van der Waals surface area contributed by atoms with Crippen LogP contribution in [0, 0.1) is 0 Å². The van der Waals surface area contributed by atoms with Crippen LogP contribution in [0.25, 0.3) is 6.08 Å². The number of hydrogen-bond donors (Lipinski definition) is 1. The first-order valence-corrected chi connectivity index (χ1v) is 11.2. The van der Waals surface area contributed by atoms with E-state index >= 15 is 0 Å². The zero-order valence-electron chi connectivity index (χ0n) is 17.1. The Morgan fingerprint density at radius 1 is 1.31 bits per heavy atom. The molecule has 4 rings (SSSR count). The Balaban J connectivity index is 1.68. The standard InChI is InChI=1S/C22H25BrN4OS/c1-21(2)17-13-15(23)8-9-18(17)27-12-10-19(28)25-22(21,27)11-6-5-7-16-14-24-20(29-16)26(3)4/h5-9,11,13-14H,10,12H2,1-4H3,(H,25,28). The molecule has 2 aliphatic rings. The highest BCUT2D eigenvalue weighted by Crippen LogP contribution is 2.52. The molecule has 1 atom stereocenters. The first-order valence-electron chi connectivity index (χ1n) is 9.62. The number of thiazole rings is 1. The third-order valence-electron chi connectivity index (χ3n) is 5.80. The lowest BCUT2D eigenvalue weighted by Gasteiger charge is -2.49. The quantitative estimate of drug-likeness (QED) is 0.662. The predicted octanol–water partition coefficient (Wildman–Crippen LogP) is 4.56. The van der Waals surface area contributed by atoms with Crippen molar-refractivity contribution in [2.24, 2.45) is 0 Å². The third-order valence-corrected chi connectivity index (χ3v) is 7.42. The van der Waals surface area contributed by atoms with Crippen LogP contribution >= 0.6 is 27.3 Å². The third kappa shape index (κ3) is 3.30. The summed E-state index contributed by atoms with van der Waals surface area (Å²) < 4.78 is 1.05. The van der Waals surface area contributed by atoms with Crippen molar-refractivity contribution in [3.8, 4) is 0 Å². The van der Waals surface area contributed by atoms with E-state index in [1.807, 2.05) is 37.3 Å². The number of carbonyl (C=O) groups is 1. The van der Waals surface area contributed by atoms with Gasteiger partial charge in [-0.25, -0.2) is 4.98 Å². The molecule has 1 amide bonds. The molecule has 1 unspecified atom stereocenters. The first kappa shape index (κ1) is 20.2. The van der Waals surface area contributed by atoms with Crippen molar-refractivity contribution in [1.82, 2.24) is 10.3 Å². The number of benzene rings is 1. The van der Waals surface area contributed by atoms with Gasteiger partial charge in [0, 0.05) is 53.7 Å². The van der Waals surface area contributed by atoms with E-state index in [2.05, 4.69) is 75.3 Å². The maximum atomic E-state index is 12.4. The van der Waals surface area contributed by atoms with Crippen LogP contribution in [0.15, 0.2) is 47.1 Å². The lowest BCUT2D eigenvalue weighted by molar-refractivity contribution is -0.124. The molecule has 0 bridgehead atoms. The number of halogens is 1. The van der Waals surface area contributed by atoms with Crippen LogP contribution < -0.4 is 15.1 Å². The smallest absolute Gasteiger partial charge is 0.223 e. The second-order valence-corrected chi connectivity index (χ2v) is 10.1. The Hall–Kier alpha value is -2.12. The van der Waals surface area contributed by atoms with Gasteiger partial charge in [0.05, 0.1) is 0 Å². The van der Waals surface area contributed by atoms with Crippen LogP contribution in [0.3, 0.4) is 0 Å². The van der Waals surface area contributed by atoms with Crippen molar-refractivity contribution in [3.63, 3.8) is 0 Å². The van der Waals surface area contributed by atoms with E-state index in [1.54, 1.807) is 11.3 Å². The summed E-state index contributed by atoms with van der Waals surface area (Å²) >= 11 is 5.25. The van der Waals surface area contributed by atoms with Crippen molar-refractivity contribution in [1.29, 1.82) is 0 Å². The van der Waals surface area contributed by atoms with Crippen LogP contribution in [0.1, 0.15) is 30.7 Å². The van der Waals surface area contributed by atoms with Crippen LogP contribution in [0.4, 0.5) is 10.8 Å². The van der Waals surface area contributed by atoms with Crippen molar-refractivity contribution >= 4 is 50.1 Å². The van der Waals surface area contributed by atoms with Crippen LogP contribution in [0.5, 0.6) is 0 Å². The van der Waals surface area contributed by atoms with Gasteiger partial charge in [-0.05, 0) is 35.9 Å². The molecular weight excluding hydrogens is 448 g/mol. The fraction of sp³-hybridized carbons (Fsp3) is 0.364. The van der Waals surface area contributed by atoms with Crippen molar-refractivity contribution < 1.29 is 4.79 Å². The highest BCUT2D eigenvalue weighted by atomic mass is 79.9. The Morgan fingerprint density at radius 2 is 2.10 bits per heavy atom. The minimum atomic E-state index is -0.585. The summed E-state index contributed by atoms with van der Waals surface area (Å²) in [5.74, 6) is 0.0907. The van der Waals surface area contributed by atoms with Gasteiger partial charge < -0.3 is 15.1 Å². The van der Waals surface area contributed by atoms with Crippen molar-refractivity contribution in [2.45, 2.75) is 31.3 Å². The van der Waals surface area contributed by atoms with Gasteiger partial charge in [-0.15, -0.1) is 0 Å². The Labute approximate surface area is 184 Å². The average Bonchev–Trinajstić information content (AvgIpc) is 3.20. The summed E-state index contributed by atoms with van der Waals surface area (Å²) in [6.45, 7) is 5.11. The highest BCUT2D eigenvalue weighted by Gasteiger charge is 2.57. The van der Waals surface area contributed by atoms with Crippen LogP contribution in [0.2, 0.25) is 0 Å². The van der Waals surface area contributed by atoms with E-state index in [0.717, 1.165) is 14.5 Å². The van der Waals surface area contributed by atoms with E-state index < -0.39 is 5.66 Å². The molecule has 1 saturated heterocycles. The van der Waals surface area contributed by atoms with Crippen molar-refractivity contribution in [2.75, 3.05) is 30.4 Å². The maximum Gasteiger partial charge on any atom is 0.223 e. The summed E-state index contributed by atoms with van der Waals surface area (Å²) in [7, 11) is 3.98. The zero-order valence-corrected chi connectivity index (χ0v) is 19.5. The van der Waals surface area contributed by atoms with E-state index in [1.165, 1.54) is 11.3 Å². The van der Waals surface area contributed by atoms with E-state index in [-0.39, 0.29) is 11.3 Å². The molecule has 1 N–H and O–H groups in total. The highest BCUT2D eigenvalue weighted by molar-refractivity contribution is 9.10. The van der Waals surface area contributed by atoms with Gasteiger partial charge in [0.25, 0.3) is 0 Å². The fourth-order valence-corrected chi connectivity index (χ4v) is 5.34. The molecule has 2 aliphatic heterocycles. The first-order chi connectivity index (χ1) is 13.7. The molecule has 0 spiro atoms. The van der Waals surface area contributed by atoms with Crippen molar-refractivity contribution in [3.05, 3.63) is 57.5 Å². The Morgan fingerprint density at radius 3 is 2.83 bits per heavy atom. The second kappa shape index (κ2) is 7.29. The molecule has 5 nitrogen and oxygen atoms in total. The molecule has 1 fully saturated rings. The lowest BCUT2D eigenvalue weighted by Crippen LogP contribution is -2.68. The van der Waals surface area contributed by atoms with E-state index in [0.29, 0.717) is 13.0 Å². The Bertz CT molecular complexity index is 1010. The van der Waals surface area contributed by atoms with Gasteiger partial charge in [-0.3, -0.25) is 4.79 Å². The van der Waals surface area contributed by atoms with Gasteiger partial charge >= 0.3 is 0 Å². The minimum absolute atomic E-state index is 0.0907. The second-order valence-electron chi connectivity index (χ2n) is 8.16. The molecule has 0 radical (unpaired) electrons. The number of anilines is 2. The zero-order chi connectivity index (χ0) is 20.8. The number of amides is 1. The summed E-state index contributed by atoms with van der Waals surface area (Å²) in [4.78, 5) is 22.3. The summed E-state index contributed by atoms with van der Waals surface area (Å²) in [6.07, 6.45) is 10.6. The number of rotatable bonds is 4. The maximum absolute atomic E-state index is 12.4. The monoisotopic (exact) mass is 472 g/mol. The van der Waals surface area contributed by atoms with Gasteiger partial charge in [0.15, 0.2) is 5.13 Å². The minimum Gasteiger partial charge on any atom is -0.354 e. The topological polar surface area (TPSA) is 48.5 Å². The number of fused-ring (bicyclic) bond motifs is 3. The normalized spacial score (nSPS) is 22.8. The van der Waals surface area contributed by atoms with E-state index in [4.69, 9.17) is 0 Å². The molecule has 29 heavy (non-hydrogen) atoms. The summed E-state index contributed by atoms with van der Waals surface area (Å²) in [5, 5.41) is 4.28. The molecule has 1 aromatic carbocycles. The molecule has 0 aliphatic carbocycles. The Kier molecular flexibility index (Phi) is 5.07. The predicted molar refractivity (Wildman–Crippen MR) is 125 cm³/mol. The van der Waals surface area contributed by atoms with Crippen LogP contribution in [-0.4, -0.2) is 37.2 Å². The summed E-state index contributed by atoms with van der Waals surface area (Å²) in [5.41, 5.74) is 1.55. The van der Waals surface area contributed by atoms with Gasteiger partial charge in [-0.2, -0.15) is 0 Å². The van der Waals surface area contributed by atoms with E-state index in [9.17, 15) is 4.79 Å². The molecule has 3 heterocycles. The molecule has 152 valence electrons. The molecule has 7 heteroatoms. The number of carbonyl (C=O) groups excluding carboxylic acids is 1. The number of hydrogen-bond acceptors (Lipinski definition) is 5. The average molecular weight is 473 g/mol. The van der Waals surface area contributed by atoms with Gasteiger partial charge in [-0.1, -0.05) is 53.3 Å². The van der Waals surface area contributed by atoms with Gasteiger partial charge in [0.1, 0.15) is 5.66 Å². The molecule has 0 saturated carbocycles. The molecule has 1 aromatic heterocycles. The fourth-order valence-electron chi connectivity index (χ4n) is 4.23. The largest absolute Gasteiger partial charge is 0.354 e. The molecular formula is C22H25BrN4OS. The number of nitrogens with one attached hydrogen (secondary N) is 1. The summed E-state index contributed by atoms with van der Waals surface area (Å²) in [6, 6.07) is 6.38. The molecule has 2 aromatic rings. The SMILES string of the molecule is CN(C)c1ncc(C=CC=CC23NC(=O)CCN2c2ccc(Br)cc2C3(C)C)s1. The number of aromatic nitrogens is 1. The number of nitrogens with zero attached hydrogens (tertiary/aromatic N) is 3. The lowest BCUT2D eigenvalue weighted by atomic mass is 9.74.